The first-order valence-corrected chi connectivity index (χ1v) is 3.82. The number of rotatable bonds is 2. The molecular formula is C7H8ClN2O2-. The van der Waals surface area contributed by atoms with Crippen molar-refractivity contribution in [1.29, 1.82) is 0 Å². The van der Waals surface area contributed by atoms with Crippen molar-refractivity contribution in [2.24, 2.45) is 0 Å². The van der Waals surface area contributed by atoms with E-state index in [9.17, 15) is 9.90 Å². The van der Waals surface area contributed by atoms with Gasteiger partial charge in [-0.25, -0.2) is 0 Å². The molecule has 0 aromatic carbocycles. The quantitative estimate of drug-likeness (QED) is 0.663. The number of carbonyl (C=O) groups excluding carboxylic acids is 1. The van der Waals surface area contributed by atoms with E-state index < -0.39 is 12.0 Å². The minimum absolute atomic E-state index is 0.461. The van der Waals surface area contributed by atoms with Gasteiger partial charge in [0.25, 0.3) is 0 Å². The molecule has 66 valence electrons. The van der Waals surface area contributed by atoms with Gasteiger partial charge in [-0.3, -0.25) is 4.68 Å². The van der Waals surface area contributed by atoms with E-state index in [2.05, 4.69) is 5.10 Å². The molecule has 12 heavy (non-hydrogen) atoms. The maximum atomic E-state index is 10.4. The van der Waals surface area contributed by atoms with Crippen LogP contribution in [0.25, 0.3) is 0 Å². The fourth-order valence-corrected chi connectivity index (χ4v) is 0.904. The Hall–Kier alpha value is -1.03. The smallest absolute Gasteiger partial charge is 0.0885 e. The topological polar surface area (TPSA) is 58.0 Å². The molecule has 0 aliphatic heterocycles. The van der Waals surface area contributed by atoms with Crippen molar-refractivity contribution in [2.45, 2.75) is 19.9 Å². The Morgan fingerprint density at radius 3 is 2.75 bits per heavy atom. The molecule has 5 heteroatoms. The van der Waals surface area contributed by atoms with Gasteiger partial charge in [0.15, 0.2) is 0 Å². The molecule has 1 heterocycles. The number of aliphatic carboxylic acids is 1. The zero-order valence-corrected chi connectivity index (χ0v) is 7.50. The molecule has 1 atom stereocenters. The predicted octanol–water partition coefficient (Wildman–Crippen LogP) is 0.156. The van der Waals surface area contributed by atoms with Crippen LogP contribution in [0.2, 0.25) is 5.02 Å². The molecule has 1 aromatic rings. The van der Waals surface area contributed by atoms with Crippen molar-refractivity contribution in [3.63, 3.8) is 0 Å². The molecule has 0 spiro atoms. The molecule has 1 rings (SSSR count). The second kappa shape index (κ2) is 3.15. The molecule has 0 aliphatic rings. The van der Waals surface area contributed by atoms with Crippen LogP contribution in [0.3, 0.4) is 0 Å². The van der Waals surface area contributed by atoms with E-state index in [4.69, 9.17) is 11.6 Å². The Morgan fingerprint density at radius 1 is 1.83 bits per heavy atom. The van der Waals surface area contributed by atoms with Gasteiger partial charge < -0.3 is 9.90 Å². The number of carboxylic acid groups (broad SMARTS) is 1. The number of aromatic nitrogens is 2. The molecular weight excluding hydrogens is 180 g/mol. The van der Waals surface area contributed by atoms with Crippen LogP contribution in [0.15, 0.2) is 6.20 Å². The van der Waals surface area contributed by atoms with Gasteiger partial charge in [-0.1, -0.05) is 11.6 Å². The van der Waals surface area contributed by atoms with Gasteiger partial charge in [-0.05, 0) is 13.8 Å². The van der Waals surface area contributed by atoms with Crippen LogP contribution in [-0.4, -0.2) is 15.7 Å². The van der Waals surface area contributed by atoms with E-state index in [1.807, 2.05) is 0 Å². The summed E-state index contributed by atoms with van der Waals surface area (Å²) < 4.78 is 1.27. The highest BCUT2D eigenvalue weighted by atomic mass is 35.5. The lowest BCUT2D eigenvalue weighted by Crippen LogP contribution is -2.31. The zero-order valence-electron chi connectivity index (χ0n) is 6.74. The highest BCUT2D eigenvalue weighted by molar-refractivity contribution is 6.31. The second-order valence-electron chi connectivity index (χ2n) is 2.54. The first-order valence-electron chi connectivity index (χ1n) is 3.44. The summed E-state index contributed by atoms with van der Waals surface area (Å²) in [4.78, 5) is 10.4. The van der Waals surface area contributed by atoms with Gasteiger partial charge >= 0.3 is 0 Å². The van der Waals surface area contributed by atoms with Crippen LogP contribution < -0.4 is 5.11 Å². The number of carbonyl (C=O) groups is 1. The fraction of sp³-hybridized carbons (Fsp3) is 0.429. The normalized spacial score (nSPS) is 12.9. The molecule has 4 nitrogen and oxygen atoms in total. The fourth-order valence-electron chi connectivity index (χ4n) is 0.766. The van der Waals surface area contributed by atoms with Crippen LogP contribution in [-0.2, 0) is 4.79 Å². The molecule has 1 aromatic heterocycles. The monoisotopic (exact) mass is 187 g/mol. The molecule has 0 radical (unpaired) electrons. The van der Waals surface area contributed by atoms with Gasteiger partial charge in [0.2, 0.25) is 0 Å². The van der Waals surface area contributed by atoms with Crippen molar-refractivity contribution >= 4 is 17.6 Å². The van der Waals surface area contributed by atoms with Crippen molar-refractivity contribution in [3.05, 3.63) is 16.9 Å². The zero-order chi connectivity index (χ0) is 9.30. The Balaban J connectivity index is 2.96. The van der Waals surface area contributed by atoms with E-state index in [0.29, 0.717) is 10.7 Å². The average molecular weight is 188 g/mol. The number of aryl methyl sites for hydroxylation is 1. The number of nitrogens with zero attached hydrogens (tertiary/aromatic N) is 2. The molecule has 0 unspecified atom stereocenters. The molecule has 0 saturated carbocycles. The standard InChI is InChI=1S/C7H9ClN2O2/c1-4-6(8)3-10(9-4)5(2)7(11)12/h3,5H,1-2H3,(H,11,12)/p-1/t5-/m1/s1. The largest absolute Gasteiger partial charge is 0.548 e. The summed E-state index contributed by atoms with van der Waals surface area (Å²) in [5, 5.41) is 14.8. The Morgan fingerprint density at radius 2 is 2.42 bits per heavy atom. The first-order chi connectivity index (χ1) is 5.52. The Bertz CT molecular complexity index is 289. The Kier molecular flexibility index (Phi) is 2.38. The molecule has 0 bridgehead atoms. The maximum Gasteiger partial charge on any atom is 0.0885 e. The summed E-state index contributed by atoms with van der Waals surface area (Å²) in [7, 11) is 0. The van der Waals surface area contributed by atoms with E-state index in [1.165, 1.54) is 17.8 Å². The van der Waals surface area contributed by atoms with Crippen molar-refractivity contribution in [2.75, 3.05) is 0 Å². The van der Waals surface area contributed by atoms with Crippen LogP contribution in [0, 0.1) is 6.92 Å². The highest BCUT2D eigenvalue weighted by Crippen LogP contribution is 2.15. The molecule has 0 fully saturated rings. The highest BCUT2D eigenvalue weighted by Gasteiger charge is 2.08. The number of hydrogen-bond donors (Lipinski definition) is 0. The van der Waals surface area contributed by atoms with Crippen LogP contribution in [0.5, 0.6) is 0 Å². The average Bonchev–Trinajstić information content (AvgIpc) is 2.30. The lowest BCUT2D eigenvalue weighted by Gasteiger charge is -2.11. The van der Waals surface area contributed by atoms with Gasteiger partial charge in [-0.15, -0.1) is 0 Å². The molecule has 0 N–H and O–H groups in total. The molecule has 0 aliphatic carbocycles. The number of carboxylic acids is 1. The summed E-state index contributed by atoms with van der Waals surface area (Å²) in [5.74, 6) is -1.17. The van der Waals surface area contributed by atoms with E-state index in [-0.39, 0.29) is 0 Å². The van der Waals surface area contributed by atoms with Gasteiger partial charge in [-0.2, -0.15) is 5.10 Å². The minimum atomic E-state index is -1.17. The van der Waals surface area contributed by atoms with Crippen molar-refractivity contribution in [3.8, 4) is 0 Å². The molecule has 0 amide bonds. The van der Waals surface area contributed by atoms with E-state index >= 15 is 0 Å². The van der Waals surface area contributed by atoms with Crippen LogP contribution >= 0.6 is 11.6 Å². The van der Waals surface area contributed by atoms with Gasteiger partial charge in [0, 0.05) is 6.20 Å². The van der Waals surface area contributed by atoms with Crippen LogP contribution in [0.4, 0.5) is 0 Å². The van der Waals surface area contributed by atoms with E-state index in [1.54, 1.807) is 6.92 Å². The summed E-state index contributed by atoms with van der Waals surface area (Å²) in [6.07, 6.45) is 1.47. The first kappa shape index (κ1) is 9.06. The predicted molar refractivity (Wildman–Crippen MR) is 41.7 cm³/mol. The molecule has 0 saturated heterocycles. The Labute approximate surface area is 74.8 Å². The summed E-state index contributed by atoms with van der Waals surface area (Å²) in [6.45, 7) is 3.19. The third kappa shape index (κ3) is 1.58. The number of hydrogen-bond acceptors (Lipinski definition) is 3. The number of halogens is 1. The second-order valence-corrected chi connectivity index (χ2v) is 2.94. The van der Waals surface area contributed by atoms with Gasteiger partial charge in [0.05, 0.1) is 22.7 Å². The summed E-state index contributed by atoms with van der Waals surface area (Å²) in [5.41, 5.74) is 0.616. The van der Waals surface area contributed by atoms with Crippen molar-refractivity contribution < 1.29 is 9.90 Å². The third-order valence-electron chi connectivity index (χ3n) is 1.59. The van der Waals surface area contributed by atoms with E-state index in [0.717, 1.165) is 0 Å². The SMILES string of the molecule is Cc1nn([C@H](C)C(=O)[O-])cc1Cl. The third-order valence-corrected chi connectivity index (χ3v) is 1.97. The minimum Gasteiger partial charge on any atom is -0.548 e. The van der Waals surface area contributed by atoms with Gasteiger partial charge in [0.1, 0.15) is 0 Å². The summed E-state index contributed by atoms with van der Waals surface area (Å²) in [6, 6.07) is -0.781. The summed E-state index contributed by atoms with van der Waals surface area (Å²) >= 11 is 5.68. The maximum absolute atomic E-state index is 10.4. The lowest BCUT2D eigenvalue weighted by molar-refractivity contribution is -0.310. The lowest BCUT2D eigenvalue weighted by atomic mass is 10.4. The van der Waals surface area contributed by atoms with Crippen molar-refractivity contribution in [1.82, 2.24) is 9.78 Å². The van der Waals surface area contributed by atoms with Crippen LogP contribution in [0.1, 0.15) is 18.7 Å².